The molecular formula is C20H27N7O3S. The van der Waals surface area contributed by atoms with Crippen LogP contribution in [0.5, 0.6) is 0 Å². The first-order valence-corrected chi connectivity index (χ1v) is 11.7. The van der Waals surface area contributed by atoms with Crippen LogP contribution in [-0.2, 0) is 16.3 Å². The Morgan fingerprint density at radius 2 is 1.87 bits per heavy atom. The van der Waals surface area contributed by atoms with E-state index in [0.717, 1.165) is 15.7 Å². The number of imidazole rings is 1. The van der Waals surface area contributed by atoms with E-state index in [-0.39, 0.29) is 34.4 Å². The van der Waals surface area contributed by atoms with E-state index in [2.05, 4.69) is 9.97 Å². The molecule has 0 spiro atoms. The predicted molar refractivity (Wildman–Crippen MR) is 120 cm³/mol. The topological polar surface area (TPSA) is 140 Å². The molecular weight excluding hydrogens is 418 g/mol. The number of benzene rings is 1. The number of nitrogens with one attached hydrogen (secondary N) is 1. The van der Waals surface area contributed by atoms with Crippen molar-refractivity contribution in [3.05, 3.63) is 45.9 Å². The molecule has 1 unspecified atom stereocenters. The minimum Gasteiger partial charge on any atom is -0.382 e. The number of nitrogens with zero attached hydrogens (tertiary/aromatic N) is 5. The Balaban J connectivity index is 2.32. The van der Waals surface area contributed by atoms with Crippen molar-refractivity contribution in [3.63, 3.8) is 0 Å². The van der Waals surface area contributed by atoms with Gasteiger partial charge in [0.05, 0.1) is 6.54 Å². The van der Waals surface area contributed by atoms with Crippen molar-refractivity contribution in [2.24, 2.45) is 0 Å². The summed E-state index contributed by atoms with van der Waals surface area (Å²) in [5.41, 5.74) is 7.53. The molecule has 11 heteroatoms. The summed E-state index contributed by atoms with van der Waals surface area (Å²) >= 11 is 0. The van der Waals surface area contributed by atoms with Crippen molar-refractivity contribution >= 4 is 32.7 Å². The third kappa shape index (κ3) is 4.18. The Hall–Kier alpha value is -3.21. The van der Waals surface area contributed by atoms with Gasteiger partial charge in [0.15, 0.2) is 11.5 Å². The maximum absolute atomic E-state index is 13.3. The van der Waals surface area contributed by atoms with Gasteiger partial charge in [0.1, 0.15) is 15.2 Å². The third-order valence-electron chi connectivity index (χ3n) is 5.01. The number of nitrogens with two attached hydrogens (primary N) is 1. The molecule has 1 aromatic carbocycles. The molecule has 0 aliphatic rings. The number of nitrogen functional groups attached to an aromatic ring is 1. The molecule has 0 bridgehead atoms. The average Bonchev–Trinajstić information content (AvgIpc) is 3.00. The summed E-state index contributed by atoms with van der Waals surface area (Å²) in [6.45, 7) is 6.06. The van der Waals surface area contributed by atoms with Crippen molar-refractivity contribution in [1.29, 1.82) is 4.78 Å². The Kier molecular flexibility index (Phi) is 6.16. The average molecular weight is 446 g/mol. The monoisotopic (exact) mass is 445 g/mol. The van der Waals surface area contributed by atoms with Crippen LogP contribution in [0.2, 0.25) is 0 Å². The Labute approximate surface area is 180 Å². The highest BCUT2D eigenvalue weighted by atomic mass is 32.2. The molecule has 31 heavy (non-hydrogen) atoms. The Morgan fingerprint density at radius 1 is 1.23 bits per heavy atom. The number of rotatable bonds is 6. The molecule has 10 nitrogen and oxygen atoms in total. The van der Waals surface area contributed by atoms with Crippen LogP contribution in [-0.4, -0.2) is 53.6 Å². The summed E-state index contributed by atoms with van der Waals surface area (Å²) in [5.74, 6) is -0.0908. The lowest BCUT2D eigenvalue weighted by atomic mass is 10.1. The number of fused-ring (bicyclic) bond motifs is 1. The summed E-state index contributed by atoms with van der Waals surface area (Å²) in [4.78, 5) is 36.0. The van der Waals surface area contributed by atoms with Crippen LogP contribution in [0.3, 0.4) is 0 Å². The smallest absolute Gasteiger partial charge is 0.339 e. The molecule has 3 aromatic rings. The van der Waals surface area contributed by atoms with Crippen LogP contribution >= 0.6 is 0 Å². The molecule has 0 saturated heterocycles. The third-order valence-corrected chi connectivity index (χ3v) is 6.77. The number of anilines is 1. The summed E-state index contributed by atoms with van der Waals surface area (Å²) < 4.78 is 23.2. The molecule has 3 rings (SSSR count). The number of aromatic nitrogens is 4. The summed E-state index contributed by atoms with van der Waals surface area (Å²) in [6, 6.07) is 7.02. The lowest BCUT2D eigenvalue weighted by Gasteiger charge is -2.14. The number of amides is 1. The zero-order valence-electron chi connectivity index (χ0n) is 18.1. The van der Waals surface area contributed by atoms with E-state index in [1.165, 1.54) is 9.47 Å². The fraction of sp³-hybridized carbons (Fsp3) is 0.400. The summed E-state index contributed by atoms with van der Waals surface area (Å²) in [6.07, 6.45) is 0.501. The normalized spacial score (nSPS) is 13.3. The second kappa shape index (κ2) is 8.50. The molecule has 0 fully saturated rings. The molecule has 2 heterocycles. The maximum Gasteiger partial charge on any atom is 0.339 e. The van der Waals surface area contributed by atoms with Crippen LogP contribution in [0.4, 0.5) is 10.6 Å². The highest BCUT2D eigenvalue weighted by Gasteiger charge is 2.27. The van der Waals surface area contributed by atoms with Gasteiger partial charge in [0.2, 0.25) is 5.16 Å². The zero-order chi connectivity index (χ0) is 22.9. The van der Waals surface area contributed by atoms with Crippen molar-refractivity contribution in [2.75, 3.05) is 25.1 Å². The quantitative estimate of drug-likeness (QED) is 0.558. The van der Waals surface area contributed by atoms with Gasteiger partial charge < -0.3 is 10.6 Å². The van der Waals surface area contributed by atoms with E-state index in [0.29, 0.717) is 13.0 Å². The van der Waals surface area contributed by atoms with Crippen LogP contribution in [0.15, 0.2) is 34.2 Å². The van der Waals surface area contributed by atoms with E-state index in [1.807, 2.05) is 31.2 Å². The minimum absolute atomic E-state index is 0.0536. The van der Waals surface area contributed by atoms with Gasteiger partial charge in [-0.3, -0.25) is 4.57 Å². The van der Waals surface area contributed by atoms with Gasteiger partial charge in [-0.1, -0.05) is 36.8 Å². The highest BCUT2D eigenvalue weighted by Crippen LogP contribution is 2.22. The lowest BCUT2D eigenvalue weighted by Crippen LogP contribution is -2.38. The van der Waals surface area contributed by atoms with Crippen LogP contribution in [0.1, 0.15) is 31.4 Å². The van der Waals surface area contributed by atoms with Gasteiger partial charge in [-0.05, 0) is 25.8 Å². The van der Waals surface area contributed by atoms with E-state index in [4.69, 9.17) is 10.5 Å². The van der Waals surface area contributed by atoms with Crippen LogP contribution in [0.25, 0.3) is 11.2 Å². The van der Waals surface area contributed by atoms with E-state index < -0.39 is 21.4 Å². The van der Waals surface area contributed by atoms with Gasteiger partial charge >= 0.3 is 11.7 Å². The van der Waals surface area contributed by atoms with Gasteiger partial charge in [0.25, 0.3) is 0 Å². The molecule has 166 valence electrons. The van der Waals surface area contributed by atoms with E-state index in [9.17, 15) is 13.8 Å². The SMILES string of the molecule is CCCS(=N)(=O)c1nc(N)c2c(n1)n(Cc1ccc(C)cc1)c(=O)n2C(=O)N(C)CC. The first kappa shape index (κ1) is 22.5. The van der Waals surface area contributed by atoms with Crippen molar-refractivity contribution in [2.45, 2.75) is 38.9 Å². The summed E-state index contributed by atoms with van der Waals surface area (Å²) in [5, 5.41) is -0.231. The van der Waals surface area contributed by atoms with Gasteiger partial charge in [-0.15, -0.1) is 0 Å². The standard InChI is InChI=1S/C20H27N7O3S/c1-5-11-31(22,30)18-23-16(21)15-17(24-18)26(12-14-9-7-13(3)8-10-14)20(29)27(15)19(28)25(4)6-2/h7-10,22H,5-6,11-12H2,1-4H3,(H2,21,23,24). The molecule has 2 aromatic heterocycles. The largest absolute Gasteiger partial charge is 0.382 e. The number of hydrogen-bond donors (Lipinski definition) is 2. The first-order valence-electron chi connectivity index (χ1n) is 9.97. The van der Waals surface area contributed by atoms with Crippen molar-refractivity contribution in [1.82, 2.24) is 24.0 Å². The molecule has 0 aliphatic heterocycles. The minimum atomic E-state index is -3.29. The van der Waals surface area contributed by atoms with Gasteiger partial charge in [-0.25, -0.2) is 28.1 Å². The van der Waals surface area contributed by atoms with Crippen LogP contribution < -0.4 is 11.4 Å². The molecule has 0 radical (unpaired) electrons. The molecule has 0 aliphatic carbocycles. The number of hydrogen-bond acceptors (Lipinski definition) is 7. The molecule has 3 N–H and O–H groups in total. The van der Waals surface area contributed by atoms with Crippen LogP contribution in [0, 0.1) is 11.7 Å². The Bertz CT molecular complexity index is 1290. The fourth-order valence-corrected chi connectivity index (χ4v) is 4.41. The second-order valence-electron chi connectivity index (χ2n) is 7.43. The summed E-state index contributed by atoms with van der Waals surface area (Å²) in [7, 11) is -1.72. The molecule has 1 atom stereocenters. The second-order valence-corrected chi connectivity index (χ2v) is 9.55. The van der Waals surface area contributed by atoms with Gasteiger partial charge in [0, 0.05) is 19.3 Å². The molecule has 0 saturated carbocycles. The van der Waals surface area contributed by atoms with Gasteiger partial charge in [-0.2, -0.15) is 4.98 Å². The predicted octanol–water partition coefficient (Wildman–Crippen LogP) is 2.27. The lowest BCUT2D eigenvalue weighted by molar-refractivity contribution is 0.212. The van der Waals surface area contributed by atoms with E-state index in [1.54, 1.807) is 20.9 Å². The highest BCUT2D eigenvalue weighted by molar-refractivity contribution is 7.92. The van der Waals surface area contributed by atoms with Crippen molar-refractivity contribution < 1.29 is 9.00 Å². The Morgan fingerprint density at radius 3 is 2.45 bits per heavy atom. The number of aryl methyl sites for hydroxylation is 1. The number of carbonyl (C=O) groups excluding carboxylic acids is 1. The van der Waals surface area contributed by atoms with Crippen molar-refractivity contribution in [3.8, 4) is 0 Å². The zero-order valence-corrected chi connectivity index (χ0v) is 18.9. The fourth-order valence-electron chi connectivity index (χ4n) is 3.18. The molecule has 1 amide bonds. The van der Waals surface area contributed by atoms with E-state index >= 15 is 0 Å². The number of carbonyl (C=O) groups is 1. The first-order chi connectivity index (χ1) is 14.6. The maximum atomic E-state index is 13.3.